The van der Waals surface area contributed by atoms with Crippen molar-refractivity contribution in [1.82, 2.24) is 5.32 Å². The van der Waals surface area contributed by atoms with Gasteiger partial charge >= 0.3 is 0 Å². The number of carbonyl (C=O) groups excluding carboxylic acids is 1. The highest BCUT2D eigenvalue weighted by atomic mass is 32.2. The van der Waals surface area contributed by atoms with Crippen LogP contribution in [0.2, 0.25) is 0 Å². The Bertz CT molecular complexity index is 330. The highest BCUT2D eigenvalue weighted by Crippen LogP contribution is 2.16. The van der Waals surface area contributed by atoms with Crippen LogP contribution in [0.1, 0.15) is 27.2 Å². The van der Waals surface area contributed by atoms with Gasteiger partial charge in [0.2, 0.25) is 5.91 Å². The molecule has 0 fully saturated rings. The molecular formula is C10H22N2O3S. The van der Waals surface area contributed by atoms with Crippen molar-refractivity contribution in [2.75, 3.05) is 18.6 Å². The molecule has 0 aromatic heterocycles. The van der Waals surface area contributed by atoms with E-state index in [1.54, 1.807) is 0 Å². The molecule has 0 saturated heterocycles. The zero-order chi connectivity index (χ0) is 13.0. The fourth-order valence-electron chi connectivity index (χ4n) is 1.05. The Morgan fingerprint density at radius 3 is 2.25 bits per heavy atom. The number of nitrogens with two attached hydrogens (primary N) is 1. The van der Waals surface area contributed by atoms with Gasteiger partial charge in [0.05, 0.1) is 11.8 Å². The first-order valence-electron chi connectivity index (χ1n) is 5.25. The van der Waals surface area contributed by atoms with Crippen LogP contribution in [0.3, 0.4) is 0 Å². The Morgan fingerprint density at radius 1 is 1.38 bits per heavy atom. The second-order valence-electron chi connectivity index (χ2n) is 5.12. The number of rotatable bonds is 5. The average Bonchev–Trinajstić information content (AvgIpc) is 2.07. The smallest absolute Gasteiger partial charge is 0.237 e. The monoisotopic (exact) mass is 250 g/mol. The van der Waals surface area contributed by atoms with E-state index in [-0.39, 0.29) is 17.1 Å². The van der Waals surface area contributed by atoms with Gasteiger partial charge in [-0.1, -0.05) is 20.8 Å². The van der Waals surface area contributed by atoms with Gasteiger partial charge in [-0.3, -0.25) is 4.79 Å². The van der Waals surface area contributed by atoms with Crippen LogP contribution in [0, 0.1) is 5.41 Å². The lowest BCUT2D eigenvalue weighted by molar-refractivity contribution is -0.124. The fourth-order valence-corrected chi connectivity index (χ4v) is 1.72. The summed E-state index contributed by atoms with van der Waals surface area (Å²) in [6, 6.07) is -0.578. The first kappa shape index (κ1) is 15.4. The first-order chi connectivity index (χ1) is 7.04. The molecule has 0 aliphatic rings. The minimum atomic E-state index is -2.95. The Kier molecular flexibility index (Phi) is 5.41. The summed E-state index contributed by atoms with van der Waals surface area (Å²) < 4.78 is 21.7. The summed E-state index contributed by atoms with van der Waals surface area (Å²) in [7, 11) is -2.95. The average molecular weight is 250 g/mol. The molecule has 0 radical (unpaired) electrons. The zero-order valence-electron chi connectivity index (χ0n) is 10.4. The molecule has 1 amide bonds. The van der Waals surface area contributed by atoms with E-state index in [0.717, 1.165) is 0 Å². The lowest BCUT2D eigenvalue weighted by atomic mass is 9.87. The van der Waals surface area contributed by atoms with Crippen LogP contribution >= 0.6 is 0 Å². The van der Waals surface area contributed by atoms with Gasteiger partial charge < -0.3 is 11.1 Å². The predicted molar refractivity (Wildman–Crippen MR) is 64.8 cm³/mol. The quantitative estimate of drug-likeness (QED) is 0.667. The van der Waals surface area contributed by atoms with Crippen molar-refractivity contribution in [2.45, 2.75) is 33.2 Å². The van der Waals surface area contributed by atoms with Crippen molar-refractivity contribution in [3.8, 4) is 0 Å². The van der Waals surface area contributed by atoms with E-state index in [2.05, 4.69) is 5.32 Å². The van der Waals surface area contributed by atoms with Gasteiger partial charge in [-0.25, -0.2) is 8.42 Å². The number of sulfone groups is 1. The molecule has 5 nitrogen and oxygen atoms in total. The molecule has 0 aromatic rings. The molecule has 1 unspecified atom stereocenters. The minimum absolute atomic E-state index is 0.0814. The number of hydrogen-bond donors (Lipinski definition) is 2. The summed E-state index contributed by atoms with van der Waals surface area (Å²) in [5.41, 5.74) is 5.44. The molecular weight excluding hydrogens is 228 g/mol. The van der Waals surface area contributed by atoms with Crippen molar-refractivity contribution in [3.05, 3.63) is 0 Å². The standard InChI is InChI=1S/C10H22N2O3S/c1-10(2,3)8(11)9(13)12-6-5-7-16(4,14)15/h8H,5-7,11H2,1-4H3,(H,12,13). The summed E-state index contributed by atoms with van der Waals surface area (Å²) in [6.45, 7) is 5.99. The highest BCUT2D eigenvalue weighted by Gasteiger charge is 2.26. The summed E-state index contributed by atoms with van der Waals surface area (Å²) in [5, 5.41) is 2.63. The number of hydrogen-bond acceptors (Lipinski definition) is 4. The second kappa shape index (κ2) is 5.63. The van der Waals surface area contributed by atoms with Crippen LogP contribution in [0.5, 0.6) is 0 Å². The van der Waals surface area contributed by atoms with E-state index in [9.17, 15) is 13.2 Å². The predicted octanol–water partition coefficient (Wildman–Crippen LogP) is -0.0893. The molecule has 0 spiro atoms. The Balaban J connectivity index is 3.92. The first-order valence-corrected chi connectivity index (χ1v) is 7.31. The molecule has 6 heteroatoms. The third-order valence-corrected chi connectivity index (χ3v) is 3.24. The van der Waals surface area contributed by atoms with E-state index in [1.807, 2.05) is 20.8 Å². The zero-order valence-corrected chi connectivity index (χ0v) is 11.2. The third kappa shape index (κ3) is 6.79. The van der Waals surface area contributed by atoms with Gasteiger partial charge in [-0.2, -0.15) is 0 Å². The normalized spacial score (nSPS) is 14.6. The molecule has 0 bridgehead atoms. The van der Waals surface area contributed by atoms with Gasteiger partial charge in [0.1, 0.15) is 9.84 Å². The lowest BCUT2D eigenvalue weighted by Gasteiger charge is -2.25. The molecule has 3 N–H and O–H groups in total. The fraction of sp³-hybridized carbons (Fsp3) is 0.900. The molecule has 0 heterocycles. The Labute approximate surface area is 97.7 Å². The molecule has 96 valence electrons. The summed E-state index contributed by atoms with van der Waals surface area (Å²) >= 11 is 0. The number of carbonyl (C=O) groups is 1. The Morgan fingerprint density at radius 2 is 1.88 bits per heavy atom. The van der Waals surface area contributed by atoms with Crippen LogP contribution in [-0.2, 0) is 14.6 Å². The molecule has 0 aromatic carbocycles. The third-order valence-electron chi connectivity index (χ3n) is 2.21. The summed E-state index contributed by atoms with van der Waals surface area (Å²) in [5.74, 6) is -0.154. The topological polar surface area (TPSA) is 89.3 Å². The van der Waals surface area contributed by atoms with Crippen LogP contribution in [0.15, 0.2) is 0 Å². The Hall–Kier alpha value is -0.620. The molecule has 0 saturated carbocycles. The van der Waals surface area contributed by atoms with Crippen molar-refractivity contribution < 1.29 is 13.2 Å². The second-order valence-corrected chi connectivity index (χ2v) is 7.38. The van der Waals surface area contributed by atoms with Crippen molar-refractivity contribution in [2.24, 2.45) is 11.1 Å². The van der Waals surface area contributed by atoms with E-state index in [1.165, 1.54) is 6.26 Å². The van der Waals surface area contributed by atoms with E-state index < -0.39 is 15.9 Å². The maximum atomic E-state index is 11.5. The number of nitrogens with one attached hydrogen (secondary N) is 1. The van der Waals surface area contributed by atoms with E-state index in [0.29, 0.717) is 13.0 Å². The van der Waals surface area contributed by atoms with E-state index >= 15 is 0 Å². The SMILES string of the molecule is CC(C)(C)C(N)C(=O)NCCCS(C)(=O)=O. The largest absolute Gasteiger partial charge is 0.355 e. The molecule has 1 atom stereocenters. The van der Waals surface area contributed by atoms with Crippen LogP contribution in [0.4, 0.5) is 0 Å². The van der Waals surface area contributed by atoms with Gasteiger partial charge in [-0.15, -0.1) is 0 Å². The van der Waals surface area contributed by atoms with Gasteiger partial charge in [0, 0.05) is 12.8 Å². The van der Waals surface area contributed by atoms with Crippen LogP contribution in [-0.4, -0.2) is 38.9 Å². The van der Waals surface area contributed by atoms with Gasteiger partial charge in [0.25, 0.3) is 0 Å². The van der Waals surface area contributed by atoms with E-state index in [4.69, 9.17) is 5.73 Å². The van der Waals surface area contributed by atoms with Crippen LogP contribution in [0.25, 0.3) is 0 Å². The van der Waals surface area contributed by atoms with Crippen molar-refractivity contribution >= 4 is 15.7 Å². The molecule has 0 rings (SSSR count). The maximum Gasteiger partial charge on any atom is 0.237 e. The lowest BCUT2D eigenvalue weighted by Crippen LogP contribution is -2.48. The van der Waals surface area contributed by atoms with Crippen molar-refractivity contribution in [3.63, 3.8) is 0 Å². The molecule has 16 heavy (non-hydrogen) atoms. The minimum Gasteiger partial charge on any atom is -0.355 e. The van der Waals surface area contributed by atoms with Crippen LogP contribution < -0.4 is 11.1 Å². The summed E-state index contributed by atoms with van der Waals surface area (Å²) in [6.07, 6.45) is 1.59. The highest BCUT2D eigenvalue weighted by molar-refractivity contribution is 7.90. The van der Waals surface area contributed by atoms with Gasteiger partial charge in [0.15, 0.2) is 0 Å². The van der Waals surface area contributed by atoms with Gasteiger partial charge in [-0.05, 0) is 11.8 Å². The summed E-state index contributed by atoms with van der Waals surface area (Å²) in [4.78, 5) is 11.5. The number of amides is 1. The van der Waals surface area contributed by atoms with Crippen molar-refractivity contribution in [1.29, 1.82) is 0 Å². The molecule has 0 aliphatic heterocycles. The molecule has 0 aliphatic carbocycles. The maximum absolute atomic E-state index is 11.5.